The van der Waals surface area contributed by atoms with Crippen molar-refractivity contribution in [2.24, 2.45) is 0 Å². The van der Waals surface area contributed by atoms with Crippen molar-refractivity contribution in [2.45, 2.75) is 6.10 Å². The number of carbonyl (C=O) groups excluding carboxylic acids is 4. The molecule has 4 heterocycles. The molecule has 3 aromatic rings. The quantitative estimate of drug-likeness (QED) is 0.371. The summed E-state index contributed by atoms with van der Waals surface area (Å²) < 4.78 is 41.7. The van der Waals surface area contributed by atoms with Gasteiger partial charge in [-0.1, -0.05) is 5.92 Å². The number of piperazine rings is 1. The maximum absolute atomic E-state index is 15.2. The average Bonchev–Trinajstić information content (AvgIpc) is 3.62. The molecule has 0 spiro atoms. The van der Waals surface area contributed by atoms with Crippen molar-refractivity contribution >= 4 is 41.2 Å². The lowest BCUT2D eigenvalue weighted by Gasteiger charge is -2.37. The molecule has 1 N–H and O–H groups in total. The standard InChI is InChI=1S/C28H28F2N8O6/c1-3-6-36(25(40)22-16-37-7-4-5-31-26(37)33-22)17-23(39)34-8-10-35(11-9-34)24-20(29)12-18(13-21(24)30)38-15-19(44-28(38)42)14-32-27(41)43-2/h1,4-5,7,12-13,16,19H,6,8-11,14-15,17H2,2H3,(H,32,41). The first kappa shape index (κ1) is 30.0. The van der Waals surface area contributed by atoms with Crippen molar-refractivity contribution in [3.63, 3.8) is 0 Å². The van der Waals surface area contributed by atoms with Crippen LogP contribution in [-0.4, -0.2) is 114 Å². The van der Waals surface area contributed by atoms with Crippen LogP contribution in [0.1, 0.15) is 10.5 Å². The first-order valence-corrected chi connectivity index (χ1v) is 13.5. The number of cyclic esters (lactones) is 1. The Bertz CT molecular complexity index is 1580. The summed E-state index contributed by atoms with van der Waals surface area (Å²) in [6.45, 7) is 0.0286. The fourth-order valence-electron chi connectivity index (χ4n) is 4.97. The van der Waals surface area contributed by atoms with Crippen LogP contribution < -0.4 is 15.1 Å². The molecule has 1 unspecified atom stereocenters. The Morgan fingerprint density at radius 1 is 1.20 bits per heavy atom. The third-order valence-corrected chi connectivity index (χ3v) is 7.15. The van der Waals surface area contributed by atoms with E-state index in [1.54, 1.807) is 16.7 Å². The van der Waals surface area contributed by atoms with E-state index in [9.17, 15) is 19.2 Å². The molecule has 0 saturated carbocycles. The first-order valence-electron chi connectivity index (χ1n) is 13.5. The number of fused-ring (bicyclic) bond motifs is 1. The number of ether oxygens (including phenoxy) is 2. The molecular weight excluding hydrogens is 582 g/mol. The molecule has 0 aliphatic carbocycles. The van der Waals surface area contributed by atoms with Crippen LogP contribution in [0.25, 0.3) is 5.78 Å². The second kappa shape index (κ2) is 12.8. The van der Waals surface area contributed by atoms with Crippen molar-refractivity contribution in [1.82, 2.24) is 29.5 Å². The number of alkyl carbamates (subject to hydrolysis) is 1. The van der Waals surface area contributed by atoms with E-state index in [1.807, 2.05) is 0 Å². The summed E-state index contributed by atoms with van der Waals surface area (Å²) in [5, 5.41) is 2.41. The second-order valence-electron chi connectivity index (χ2n) is 9.93. The summed E-state index contributed by atoms with van der Waals surface area (Å²) >= 11 is 0. The van der Waals surface area contributed by atoms with Crippen LogP contribution in [0.3, 0.4) is 0 Å². The highest BCUT2D eigenvalue weighted by Gasteiger charge is 2.34. The smallest absolute Gasteiger partial charge is 0.414 e. The predicted molar refractivity (Wildman–Crippen MR) is 151 cm³/mol. The number of nitrogens with zero attached hydrogens (tertiary/aromatic N) is 7. The van der Waals surface area contributed by atoms with Crippen molar-refractivity contribution in [3.05, 3.63) is 54.1 Å². The van der Waals surface area contributed by atoms with E-state index >= 15 is 8.78 Å². The van der Waals surface area contributed by atoms with Crippen LogP contribution in [0.15, 0.2) is 36.8 Å². The van der Waals surface area contributed by atoms with Crippen LogP contribution >= 0.6 is 0 Å². The van der Waals surface area contributed by atoms with Crippen molar-refractivity contribution < 1.29 is 37.4 Å². The fourth-order valence-corrected chi connectivity index (χ4v) is 4.97. The molecule has 2 saturated heterocycles. The Hall–Kier alpha value is -5.46. The Kier molecular flexibility index (Phi) is 8.74. The van der Waals surface area contributed by atoms with Gasteiger partial charge in [0.1, 0.15) is 24.0 Å². The molecule has 5 rings (SSSR count). The average molecular weight is 611 g/mol. The van der Waals surface area contributed by atoms with E-state index in [0.29, 0.717) is 5.78 Å². The number of nitrogens with one attached hydrogen (secondary N) is 1. The normalized spacial score (nSPS) is 16.5. The molecule has 16 heteroatoms. The van der Waals surface area contributed by atoms with Gasteiger partial charge < -0.3 is 29.5 Å². The molecule has 0 bridgehead atoms. The number of imidazole rings is 1. The van der Waals surface area contributed by atoms with Crippen LogP contribution in [0, 0.1) is 24.0 Å². The fraction of sp³-hybridized carbons (Fsp3) is 0.357. The van der Waals surface area contributed by atoms with E-state index < -0.39 is 35.8 Å². The van der Waals surface area contributed by atoms with Gasteiger partial charge in [-0.25, -0.2) is 28.3 Å². The predicted octanol–water partition coefficient (Wildman–Crippen LogP) is 1.11. The molecule has 2 aliphatic rings. The topological polar surface area (TPSA) is 142 Å². The summed E-state index contributed by atoms with van der Waals surface area (Å²) in [7, 11) is 1.19. The molecule has 2 aromatic heterocycles. The monoisotopic (exact) mass is 610 g/mol. The van der Waals surface area contributed by atoms with Crippen LogP contribution in [0.4, 0.5) is 29.7 Å². The lowest BCUT2D eigenvalue weighted by molar-refractivity contribution is -0.132. The van der Waals surface area contributed by atoms with Crippen LogP contribution in [-0.2, 0) is 14.3 Å². The molecule has 1 atom stereocenters. The summed E-state index contributed by atoms with van der Waals surface area (Å²) in [6.07, 6.45) is 7.92. The number of carbonyl (C=O) groups is 4. The van der Waals surface area contributed by atoms with E-state index in [1.165, 1.54) is 34.2 Å². The van der Waals surface area contributed by atoms with Gasteiger partial charge in [-0.2, -0.15) is 0 Å². The van der Waals surface area contributed by atoms with Gasteiger partial charge in [-0.05, 0) is 6.07 Å². The number of terminal acetylenes is 1. The minimum absolute atomic E-state index is 0.0327. The maximum atomic E-state index is 15.2. The molecule has 230 valence electrons. The SMILES string of the molecule is C#CCN(CC(=O)N1CCN(c2c(F)cc(N3CC(CNC(=O)OC)OC3=O)cc2F)CC1)C(=O)c1cn2cccnc2n1. The number of aromatic nitrogens is 3. The zero-order valence-corrected chi connectivity index (χ0v) is 23.6. The summed E-state index contributed by atoms with van der Waals surface area (Å²) in [5.74, 6) is 0.0123. The van der Waals surface area contributed by atoms with Gasteiger partial charge >= 0.3 is 12.2 Å². The third kappa shape index (κ3) is 6.31. The van der Waals surface area contributed by atoms with E-state index in [2.05, 4.69) is 25.9 Å². The van der Waals surface area contributed by atoms with Gasteiger partial charge in [0.15, 0.2) is 11.6 Å². The van der Waals surface area contributed by atoms with Gasteiger partial charge in [0, 0.05) is 56.9 Å². The Morgan fingerprint density at radius 3 is 2.59 bits per heavy atom. The number of rotatable bonds is 8. The van der Waals surface area contributed by atoms with Crippen LogP contribution in [0.2, 0.25) is 0 Å². The minimum atomic E-state index is -0.892. The molecule has 2 aliphatic heterocycles. The van der Waals surface area contributed by atoms with E-state index in [-0.39, 0.29) is 75.3 Å². The van der Waals surface area contributed by atoms with Crippen molar-refractivity contribution in [3.8, 4) is 12.3 Å². The zero-order chi connectivity index (χ0) is 31.4. The molecule has 0 radical (unpaired) electrons. The Morgan fingerprint density at radius 2 is 1.93 bits per heavy atom. The summed E-state index contributed by atoms with van der Waals surface area (Å²) in [5.41, 5.74) is -0.244. The summed E-state index contributed by atoms with van der Waals surface area (Å²) in [4.78, 5) is 63.3. The highest BCUT2D eigenvalue weighted by atomic mass is 19.1. The Balaban J connectivity index is 1.19. The molecule has 44 heavy (non-hydrogen) atoms. The van der Waals surface area contributed by atoms with E-state index in [4.69, 9.17) is 11.2 Å². The number of hydrogen-bond donors (Lipinski definition) is 1. The number of methoxy groups -OCH3 is 1. The number of amides is 4. The minimum Gasteiger partial charge on any atom is -0.453 e. The molecule has 4 amide bonds. The first-order chi connectivity index (χ1) is 21.2. The van der Waals surface area contributed by atoms with Gasteiger partial charge in [0.05, 0.1) is 32.4 Å². The number of benzene rings is 1. The van der Waals surface area contributed by atoms with Gasteiger partial charge in [0.25, 0.3) is 5.91 Å². The zero-order valence-electron chi connectivity index (χ0n) is 23.6. The summed E-state index contributed by atoms with van der Waals surface area (Å²) in [6, 6.07) is 3.75. The lowest BCUT2D eigenvalue weighted by atomic mass is 10.2. The number of halogens is 2. The molecule has 2 fully saturated rings. The van der Waals surface area contributed by atoms with Crippen LogP contribution in [0.5, 0.6) is 0 Å². The molecular formula is C28H28F2N8O6. The largest absolute Gasteiger partial charge is 0.453 e. The van der Waals surface area contributed by atoms with Gasteiger partial charge in [-0.3, -0.25) is 18.9 Å². The highest BCUT2D eigenvalue weighted by molar-refractivity contribution is 5.95. The van der Waals surface area contributed by atoms with Gasteiger partial charge in [0.2, 0.25) is 11.7 Å². The van der Waals surface area contributed by atoms with Gasteiger partial charge in [-0.15, -0.1) is 6.42 Å². The second-order valence-corrected chi connectivity index (χ2v) is 9.93. The molecule has 1 aromatic carbocycles. The number of anilines is 2. The third-order valence-electron chi connectivity index (χ3n) is 7.15. The highest BCUT2D eigenvalue weighted by Crippen LogP contribution is 2.31. The van der Waals surface area contributed by atoms with E-state index in [0.717, 1.165) is 17.0 Å². The number of hydrogen-bond acceptors (Lipinski definition) is 9. The molecule has 14 nitrogen and oxygen atoms in total. The maximum Gasteiger partial charge on any atom is 0.414 e. The van der Waals surface area contributed by atoms with Crippen molar-refractivity contribution in [2.75, 3.05) is 69.3 Å². The Labute approximate surface area is 250 Å². The lowest BCUT2D eigenvalue weighted by Crippen LogP contribution is -2.52. The van der Waals surface area contributed by atoms with Crippen molar-refractivity contribution in [1.29, 1.82) is 0 Å².